The van der Waals surface area contributed by atoms with Gasteiger partial charge >= 0.3 is 0 Å². The molecule has 0 spiro atoms. The van der Waals surface area contributed by atoms with Gasteiger partial charge < -0.3 is 9.88 Å². The highest BCUT2D eigenvalue weighted by Crippen LogP contribution is 2.09. The van der Waals surface area contributed by atoms with Crippen molar-refractivity contribution in [2.75, 3.05) is 13.1 Å². The van der Waals surface area contributed by atoms with Crippen LogP contribution in [0, 0.1) is 6.92 Å². The first-order valence-electron chi connectivity index (χ1n) is 5.63. The molecule has 0 bridgehead atoms. The zero-order valence-electron chi connectivity index (χ0n) is 9.45. The van der Waals surface area contributed by atoms with Crippen molar-refractivity contribution in [1.82, 2.24) is 9.88 Å². The van der Waals surface area contributed by atoms with E-state index in [4.69, 9.17) is 0 Å². The number of carbonyl (C=O) groups excluding carboxylic acids is 1. The van der Waals surface area contributed by atoms with Gasteiger partial charge in [-0.25, -0.2) is 0 Å². The molecule has 2 heterocycles. The molecule has 0 aromatic carbocycles. The smallest absolute Gasteiger partial charge is 0.251 e. The number of carbonyl (C=O) groups is 1. The van der Waals surface area contributed by atoms with E-state index in [0.717, 1.165) is 31.5 Å². The van der Waals surface area contributed by atoms with Gasteiger partial charge in [-0.1, -0.05) is 0 Å². The van der Waals surface area contributed by atoms with Crippen molar-refractivity contribution >= 4 is 5.91 Å². The van der Waals surface area contributed by atoms with Crippen LogP contribution < -0.4 is 5.56 Å². The van der Waals surface area contributed by atoms with Crippen LogP contribution in [0.4, 0.5) is 0 Å². The molecule has 1 aliphatic heterocycles. The van der Waals surface area contributed by atoms with E-state index in [-0.39, 0.29) is 17.9 Å². The van der Waals surface area contributed by atoms with Gasteiger partial charge in [0.1, 0.15) is 0 Å². The quantitative estimate of drug-likeness (QED) is 0.803. The van der Waals surface area contributed by atoms with E-state index < -0.39 is 0 Å². The van der Waals surface area contributed by atoms with Crippen molar-refractivity contribution < 1.29 is 4.79 Å². The highest BCUT2D eigenvalue weighted by molar-refractivity contribution is 5.78. The normalized spacial score (nSPS) is 15.4. The first-order valence-corrected chi connectivity index (χ1v) is 5.63. The third-order valence-electron chi connectivity index (χ3n) is 2.92. The number of nitrogens with zero attached hydrogens (tertiary/aromatic N) is 1. The number of aromatic amines is 1. The minimum atomic E-state index is -0.154. The summed E-state index contributed by atoms with van der Waals surface area (Å²) in [6.45, 7) is 3.57. The summed E-state index contributed by atoms with van der Waals surface area (Å²) >= 11 is 0. The molecule has 0 radical (unpaired) electrons. The molecule has 4 nitrogen and oxygen atoms in total. The topological polar surface area (TPSA) is 53.2 Å². The van der Waals surface area contributed by atoms with Crippen molar-refractivity contribution in [3.05, 3.63) is 33.7 Å². The van der Waals surface area contributed by atoms with Gasteiger partial charge in [0.15, 0.2) is 0 Å². The molecule has 86 valence electrons. The number of aromatic nitrogens is 1. The molecular weight excluding hydrogens is 204 g/mol. The van der Waals surface area contributed by atoms with Gasteiger partial charge in [0.05, 0.1) is 6.42 Å². The Hall–Kier alpha value is -1.58. The highest BCUT2D eigenvalue weighted by Gasteiger charge is 2.18. The lowest BCUT2D eigenvalue weighted by molar-refractivity contribution is -0.129. The number of H-pyrrole nitrogens is 1. The first-order chi connectivity index (χ1) is 7.66. The predicted molar refractivity (Wildman–Crippen MR) is 61.3 cm³/mol. The number of aryl methyl sites for hydroxylation is 1. The number of amides is 1. The molecule has 0 saturated carbocycles. The second-order valence-corrected chi connectivity index (χ2v) is 4.30. The maximum atomic E-state index is 11.9. The van der Waals surface area contributed by atoms with E-state index >= 15 is 0 Å². The van der Waals surface area contributed by atoms with Crippen LogP contribution in [0.1, 0.15) is 24.0 Å². The third-order valence-corrected chi connectivity index (χ3v) is 2.92. The molecule has 2 rings (SSSR count). The van der Waals surface area contributed by atoms with Gasteiger partial charge in [-0.2, -0.15) is 0 Å². The van der Waals surface area contributed by atoms with Gasteiger partial charge in [-0.05, 0) is 31.4 Å². The number of likely N-dealkylation sites (tertiary alicyclic amines) is 1. The second-order valence-electron chi connectivity index (χ2n) is 4.30. The Morgan fingerprint density at radius 3 is 2.81 bits per heavy atom. The van der Waals surface area contributed by atoms with Crippen LogP contribution in [0.2, 0.25) is 0 Å². The van der Waals surface area contributed by atoms with Gasteiger partial charge in [-0.3, -0.25) is 9.59 Å². The van der Waals surface area contributed by atoms with Crippen LogP contribution in [-0.2, 0) is 11.2 Å². The van der Waals surface area contributed by atoms with Crippen LogP contribution in [-0.4, -0.2) is 28.9 Å². The zero-order chi connectivity index (χ0) is 11.5. The molecule has 4 heteroatoms. The molecular formula is C12H16N2O2. The van der Waals surface area contributed by atoms with Crippen molar-refractivity contribution in [3.63, 3.8) is 0 Å². The molecule has 1 N–H and O–H groups in total. The maximum Gasteiger partial charge on any atom is 0.251 e. The second kappa shape index (κ2) is 4.51. The van der Waals surface area contributed by atoms with Gasteiger partial charge in [0, 0.05) is 24.8 Å². The van der Waals surface area contributed by atoms with Gasteiger partial charge in [0.2, 0.25) is 5.91 Å². The Bertz CT molecular complexity index is 445. The lowest BCUT2D eigenvalue weighted by Crippen LogP contribution is -2.31. The van der Waals surface area contributed by atoms with E-state index in [1.807, 2.05) is 11.8 Å². The van der Waals surface area contributed by atoms with E-state index in [0.29, 0.717) is 5.56 Å². The predicted octanol–water partition coefficient (Wildman–Crippen LogP) is 0.848. The summed E-state index contributed by atoms with van der Waals surface area (Å²) in [6.07, 6.45) is 4.04. The van der Waals surface area contributed by atoms with Crippen molar-refractivity contribution in [1.29, 1.82) is 0 Å². The lowest BCUT2D eigenvalue weighted by Gasteiger charge is -2.14. The minimum absolute atomic E-state index is 0.0635. The zero-order valence-corrected chi connectivity index (χ0v) is 9.45. The van der Waals surface area contributed by atoms with Gasteiger partial charge in [-0.15, -0.1) is 0 Å². The van der Waals surface area contributed by atoms with Gasteiger partial charge in [0.25, 0.3) is 5.56 Å². The van der Waals surface area contributed by atoms with E-state index in [1.165, 1.54) is 0 Å². The molecule has 1 aliphatic rings. The number of hydrogen-bond donors (Lipinski definition) is 1. The molecule has 16 heavy (non-hydrogen) atoms. The SMILES string of the molecule is Cc1c[nH]c(=O)c(CC(=O)N2CCCC2)c1. The van der Waals surface area contributed by atoms with Crippen LogP contribution in [0.25, 0.3) is 0 Å². The maximum absolute atomic E-state index is 11.9. The Morgan fingerprint density at radius 1 is 1.44 bits per heavy atom. The minimum Gasteiger partial charge on any atom is -0.342 e. The molecule has 1 amide bonds. The fourth-order valence-electron chi connectivity index (χ4n) is 2.03. The Kier molecular flexibility index (Phi) is 3.08. The Labute approximate surface area is 94.3 Å². The highest BCUT2D eigenvalue weighted by atomic mass is 16.2. The van der Waals surface area contributed by atoms with E-state index in [2.05, 4.69) is 4.98 Å². The van der Waals surface area contributed by atoms with E-state index in [1.54, 1.807) is 12.3 Å². The molecule has 0 aliphatic carbocycles. The Balaban J connectivity index is 2.11. The van der Waals surface area contributed by atoms with Crippen molar-refractivity contribution in [3.8, 4) is 0 Å². The monoisotopic (exact) mass is 220 g/mol. The average Bonchev–Trinajstić information content (AvgIpc) is 2.76. The summed E-state index contributed by atoms with van der Waals surface area (Å²) in [4.78, 5) is 27.8. The summed E-state index contributed by atoms with van der Waals surface area (Å²) in [6, 6.07) is 1.78. The fourth-order valence-corrected chi connectivity index (χ4v) is 2.03. The number of pyridine rings is 1. The summed E-state index contributed by atoms with van der Waals surface area (Å²) in [5.41, 5.74) is 1.39. The largest absolute Gasteiger partial charge is 0.342 e. The van der Waals surface area contributed by atoms with E-state index in [9.17, 15) is 9.59 Å². The van der Waals surface area contributed by atoms with Crippen LogP contribution in [0.3, 0.4) is 0 Å². The first kappa shape index (κ1) is 10.9. The fraction of sp³-hybridized carbons (Fsp3) is 0.500. The van der Waals surface area contributed by atoms with Crippen molar-refractivity contribution in [2.45, 2.75) is 26.2 Å². The third kappa shape index (κ3) is 2.32. The number of rotatable bonds is 2. The number of hydrogen-bond acceptors (Lipinski definition) is 2. The average molecular weight is 220 g/mol. The summed E-state index contributed by atoms with van der Waals surface area (Å²) in [7, 11) is 0. The molecule has 1 aromatic rings. The van der Waals surface area contributed by atoms with Crippen LogP contribution in [0.5, 0.6) is 0 Å². The van der Waals surface area contributed by atoms with Crippen molar-refractivity contribution in [2.24, 2.45) is 0 Å². The van der Waals surface area contributed by atoms with Crippen LogP contribution in [0.15, 0.2) is 17.1 Å². The molecule has 0 unspecified atom stereocenters. The molecule has 1 aromatic heterocycles. The lowest BCUT2D eigenvalue weighted by atomic mass is 10.1. The number of nitrogens with one attached hydrogen (secondary N) is 1. The Morgan fingerprint density at radius 2 is 2.12 bits per heavy atom. The molecule has 1 saturated heterocycles. The molecule has 0 atom stereocenters. The summed E-state index contributed by atoms with van der Waals surface area (Å²) in [5.74, 6) is 0.0635. The molecule has 1 fully saturated rings. The van der Waals surface area contributed by atoms with Crippen LogP contribution >= 0.6 is 0 Å². The standard InChI is InChI=1S/C12H16N2O2/c1-9-6-10(12(16)13-8-9)7-11(15)14-4-2-3-5-14/h6,8H,2-5,7H2,1H3,(H,13,16). The summed E-state index contributed by atoms with van der Waals surface area (Å²) in [5, 5.41) is 0. The summed E-state index contributed by atoms with van der Waals surface area (Å²) < 4.78 is 0.